The van der Waals surface area contributed by atoms with Gasteiger partial charge in [0.15, 0.2) is 0 Å². The summed E-state index contributed by atoms with van der Waals surface area (Å²) in [4.78, 5) is 0. The van der Waals surface area contributed by atoms with Gasteiger partial charge in [-0.2, -0.15) is 5.06 Å². The average molecular weight is 131 g/mol. The zero-order valence-corrected chi connectivity index (χ0v) is 5.45. The van der Waals surface area contributed by atoms with E-state index in [2.05, 4.69) is 0 Å². The number of hydrogen-bond donors (Lipinski definition) is 2. The molecule has 1 heterocycles. The van der Waals surface area contributed by atoms with Gasteiger partial charge in [-0.15, -0.1) is 0 Å². The van der Waals surface area contributed by atoms with Crippen LogP contribution in [-0.2, 0) is 0 Å². The predicted octanol–water partition coefficient (Wildman–Crippen LogP) is 0.222. The standard InChI is InChI=1S/C6H13NO2/c8-5-6-3-1-2-4-7(6)9/h6,8-9H,1-5H2. The van der Waals surface area contributed by atoms with Crippen molar-refractivity contribution in [3.05, 3.63) is 0 Å². The average Bonchev–Trinajstić information content (AvgIpc) is 1.89. The number of hydroxylamine groups is 2. The van der Waals surface area contributed by atoms with Crippen molar-refractivity contribution in [1.29, 1.82) is 0 Å². The van der Waals surface area contributed by atoms with Crippen LogP contribution in [0.2, 0.25) is 0 Å². The molecule has 0 amide bonds. The van der Waals surface area contributed by atoms with Crippen LogP contribution in [0.15, 0.2) is 0 Å². The van der Waals surface area contributed by atoms with Crippen LogP contribution in [-0.4, -0.2) is 34.6 Å². The Kier molecular flexibility index (Phi) is 2.45. The van der Waals surface area contributed by atoms with Gasteiger partial charge >= 0.3 is 0 Å². The van der Waals surface area contributed by atoms with Crippen LogP contribution in [0.5, 0.6) is 0 Å². The molecule has 1 rings (SSSR count). The van der Waals surface area contributed by atoms with Crippen molar-refractivity contribution < 1.29 is 10.3 Å². The number of piperidine rings is 1. The minimum Gasteiger partial charge on any atom is -0.395 e. The first-order valence-corrected chi connectivity index (χ1v) is 3.41. The van der Waals surface area contributed by atoms with Crippen molar-refractivity contribution in [1.82, 2.24) is 5.06 Å². The maximum Gasteiger partial charge on any atom is 0.0610 e. The Morgan fingerprint density at radius 3 is 2.67 bits per heavy atom. The van der Waals surface area contributed by atoms with Gasteiger partial charge in [-0.25, -0.2) is 0 Å². The summed E-state index contributed by atoms with van der Waals surface area (Å²) < 4.78 is 0. The maximum atomic E-state index is 9.04. The van der Waals surface area contributed by atoms with Crippen LogP contribution in [0, 0.1) is 0 Å². The lowest BCUT2D eigenvalue weighted by Crippen LogP contribution is -2.39. The van der Waals surface area contributed by atoms with E-state index in [-0.39, 0.29) is 12.6 Å². The van der Waals surface area contributed by atoms with E-state index in [0.29, 0.717) is 6.54 Å². The van der Waals surface area contributed by atoms with Crippen molar-refractivity contribution in [3.63, 3.8) is 0 Å². The Bertz CT molecular complexity index is 87.1. The van der Waals surface area contributed by atoms with E-state index in [1.165, 1.54) is 5.06 Å². The Balaban J connectivity index is 2.30. The third kappa shape index (κ3) is 1.64. The molecular formula is C6H13NO2. The van der Waals surface area contributed by atoms with Crippen molar-refractivity contribution in [2.24, 2.45) is 0 Å². The molecule has 1 fully saturated rings. The summed E-state index contributed by atoms with van der Waals surface area (Å²) in [5.74, 6) is 0. The number of rotatable bonds is 1. The molecule has 1 saturated heterocycles. The largest absolute Gasteiger partial charge is 0.395 e. The highest BCUT2D eigenvalue weighted by atomic mass is 16.5. The first-order chi connectivity index (χ1) is 4.34. The smallest absolute Gasteiger partial charge is 0.0610 e. The second kappa shape index (κ2) is 3.15. The van der Waals surface area contributed by atoms with Crippen LogP contribution in [0.4, 0.5) is 0 Å². The fourth-order valence-corrected chi connectivity index (χ4v) is 1.17. The molecule has 2 N–H and O–H groups in total. The lowest BCUT2D eigenvalue weighted by atomic mass is 10.1. The highest BCUT2D eigenvalue weighted by molar-refractivity contribution is 4.69. The Hall–Kier alpha value is -0.120. The minimum atomic E-state index is -0.00116. The maximum absolute atomic E-state index is 9.04. The Morgan fingerprint density at radius 1 is 1.44 bits per heavy atom. The normalized spacial score (nSPS) is 30.7. The molecule has 0 aromatic heterocycles. The summed E-state index contributed by atoms with van der Waals surface area (Å²) in [5.41, 5.74) is 0. The molecule has 0 radical (unpaired) electrons. The van der Waals surface area contributed by atoms with Crippen LogP contribution in [0.25, 0.3) is 0 Å². The molecule has 0 aromatic rings. The molecule has 1 aliphatic rings. The van der Waals surface area contributed by atoms with Gasteiger partial charge in [-0.3, -0.25) is 0 Å². The lowest BCUT2D eigenvalue weighted by molar-refractivity contribution is -0.151. The summed E-state index contributed by atoms with van der Waals surface area (Å²) in [6.07, 6.45) is 3.10. The quantitative estimate of drug-likeness (QED) is 0.535. The molecule has 3 nitrogen and oxygen atoms in total. The van der Waals surface area contributed by atoms with Gasteiger partial charge in [0.25, 0.3) is 0 Å². The first-order valence-electron chi connectivity index (χ1n) is 3.41. The van der Waals surface area contributed by atoms with E-state index in [9.17, 15) is 0 Å². The van der Waals surface area contributed by atoms with Gasteiger partial charge in [0.05, 0.1) is 12.6 Å². The predicted molar refractivity (Wildman–Crippen MR) is 33.2 cm³/mol. The van der Waals surface area contributed by atoms with Gasteiger partial charge in [-0.1, -0.05) is 6.42 Å². The topological polar surface area (TPSA) is 43.7 Å². The molecule has 9 heavy (non-hydrogen) atoms. The molecule has 3 heteroatoms. The number of hydrogen-bond acceptors (Lipinski definition) is 3. The fraction of sp³-hybridized carbons (Fsp3) is 1.00. The van der Waals surface area contributed by atoms with Crippen LogP contribution < -0.4 is 0 Å². The fourth-order valence-electron chi connectivity index (χ4n) is 1.17. The SMILES string of the molecule is OCC1CCCCN1O. The number of aliphatic hydroxyl groups is 1. The molecule has 54 valence electrons. The lowest BCUT2D eigenvalue weighted by Gasteiger charge is -2.28. The summed E-state index contributed by atoms with van der Waals surface area (Å²) in [6.45, 7) is 0.793. The summed E-state index contributed by atoms with van der Waals surface area (Å²) in [6, 6.07) is -0.00116. The highest BCUT2D eigenvalue weighted by Crippen LogP contribution is 2.13. The highest BCUT2D eigenvalue weighted by Gasteiger charge is 2.18. The van der Waals surface area contributed by atoms with Gasteiger partial charge in [0.1, 0.15) is 0 Å². The van der Waals surface area contributed by atoms with Crippen molar-refractivity contribution in [2.75, 3.05) is 13.2 Å². The van der Waals surface area contributed by atoms with E-state index in [0.717, 1.165) is 19.3 Å². The van der Waals surface area contributed by atoms with Crippen molar-refractivity contribution in [3.8, 4) is 0 Å². The Labute approximate surface area is 54.9 Å². The monoisotopic (exact) mass is 131 g/mol. The molecule has 1 unspecified atom stereocenters. The van der Waals surface area contributed by atoms with Crippen molar-refractivity contribution in [2.45, 2.75) is 25.3 Å². The van der Waals surface area contributed by atoms with Gasteiger partial charge in [0, 0.05) is 6.54 Å². The first kappa shape index (κ1) is 6.99. The van der Waals surface area contributed by atoms with E-state index in [1.807, 2.05) is 0 Å². The van der Waals surface area contributed by atoms with Gasteiger partial charge in [0.2, 0.25) is 0 Å². The van der Waals surface area contributed by atoms with E-state index in [4.69, 9.17) is 10.3 Å². The summed E-state index contributed by atoms with van der Waals surface area (Å²) in [5, 5.41) is 18.9. The van der Waals surface area contributed by atoms with Gasteiger partial charge in [-0.05, 0) is 12.8 Å². The van der Waals surface area contributed by atoms with E-state index < -0.39 is 0 Å². The molecule has 0 bridgehead atoms. The molecule has 1 aliphatic heterocycles. The second-order valence-corrected chi connectivity index (χ2v) is 2.50. The third-order valence-corrected chi connectivity index (χ3v) is 1.81. The summed E-state index contributed by atoms with van der Waals surface area (Å²) >= 11 is 0. The number of aliphatic hydroxyl groups excluding tert-OH is 1. The van der Waals surface area contributed by atoms with Crippen LogP contribution in [0.3, 0.4) is 0 Å². The molecular weight excluding hydrogens is 118 g/mol. The third-order valence-electron chi connectivity index (χ3n) is 1.81. The molecule has 0 aliphatic carbocycles. The molecule has 1 atom stereocenters. The molecule has 0 aromatic carbocycles. The van der Waals surface area contributed by atoms with E-state index in [1.54, 1.807) is 0 Å². The minimum absolute atomic E-state index is 0.00116. The van der Waals surface area contributed by atoms with E-state index >= 15 is 0 Å². The number of nitrogens with zero attached hydrogens (tertiary/aromatic N) is 1. The van der Waals surface area contributed by atoms with Gasteiger partial charge < -0.3 is 10.3 Å². The van der Waals surface area contributed by atoms with Crippen LogP contribution in [0.1, 0.15) is 19.3 Å². The van der Waals surface area contributed by atoms with Crippen LogP contribution >= 0.6 is 0 Å². The zero-order valence-electron chi connectivity index (χ0n) is 5.45. The molecule has 0 saturated carbocycles. The Morgan fingerprint density at radius 2 is 2.22 bits per heavy atom. The van der Waals surface area contributed by atoms with Crippen molar-refractivity contribution >= 4 is 0 Å². The second-order valence-electron chi connectivity index (χ2n) is 2.50. The molecule has 0 spiro atoms. The zero-order chi connectivity index (χ0) is 6.69. The summed E-state index contributed by atoms with van der Waals surface area (Å²) in [7, 11) is 0.